The van der Waals surface area contributed by atoms with Crippen molar-refractivity contribution < 1.29 is 14.0 Å². The number of nitrogens with one attached hydrogen (secondary N) is 2. The molecule has 6 heteroatoms. The molecule has 0 bridgehead atoms. The number of rotatable bonds is 3. The van der Waals surface area contributed by atoms with Gasteiger partial charge in [-0.05, 0) is 42.8 Å². The fourth-order valence-corrected chi connectivity index (χ4v) is 2.44. The van der Waals surface area contributed by atoms with E-state index in [4.69, 9.17) is 0 Å². The maximum atomic E-state index is 13.6. The third-order valence-corrected chi connectivity index (χ3v) is 3.64. The van der Waals surface area contributed by atoms with Crippen LogP contribution in [0.3, 0.4) is 0 Å². The van der Waals surface area contributed by atoms with Gasteiger partial charge in [-0.2, -0.15) is 0 Å². The van der Waals surface area contributed by atoms with E-state index < -0.39 is 11.7 Å². The third-order valence-electron chi connectivity index (χ3n) is 3.64. The predicted molar refractivity (Wildman–Crippen MR) is 86.2 cm³/mol. The smallest absolute Gasteiger partial charge is 0.321 e. The number of anilines is 2. The molecule has 3 amide bonds. The van der Waals surface area contributed by atoms with Gasteiger partial charge in [0, 0.05) is 24.5 Å². The molecule has 1 heterocycles. The van der Waals surface area contributed by atoms with Crippen LogP contribution in [-0.2, 0) is 0 Å². The van der Waals surface area contributed by atoms with E-state index in [0.29, 0.717) is 18.8 Å². The highest BCUT2D eigenvalue weighted by Gasteiger charge is 2.19. The Balaban J connectivity index is 1.71. The van der Waals surface area contributed by atoms with Crippen molar-refractivity contribution in [1.82, 2.24) is 5.32 Å². The Morgan fingerprint density at radius 2 is 1.87 bits per heavy atom. The lowest BCUT2D eigenvalue weighted by Gasteiger charge is -2.27. The summed E-state index contributed by atoms with van der Waals surface area (Å²) in [6, 6.07) is 12.6. The molecule has 0 unspecified atom stereocenters. The van der Waals surface area contributed by atoms with Crippen molar-refractivity contribution >= 4 is 23.3 Å². The van der Waals surface area contributed by atoms with Crippen molar-refractivity contribution in [2.24, 2.45) is 0 Å². The lowest BCUT2D eigenvalue weighted by atomic mass is 10.2. The second-order valence-corrected chi connectivity index (χ2v) is 5.22. The average molecular weight is 313 g/mol. The number of hydrogen-bond acceptors (Lipinski definition) is 2. The molecule has 5 nitrogen and oxygen atoms in total. The van der Waals surface area contributed by atoms with E-state index in [1.165, 1.54) is 18.2 Å². The SMILES string of the molecule is O=C(Nc1ccc(N2CCCNC2=O)cc1)c1ccccc1F. The summed E-state index contributed by atoms with van der Waals surface area (Å²) in [5, 5.41) is 5.42. The lowest BCUT2D eigenvalue weighted by Crippen LogP contribution is -2.46. The van der Waals surface area contributed by atoms with Gasteiger partial charge in [-0.1, -0.05) is 12.1 Å². The fourth-order valence-electron chi connectivity index (χ4n) is 2.44. The summed E-state index contributed by atoms with van der Waals surface area (Å²) in [6.45, 7) is 1.35. The summed E-state index contributed by atoms with van der Waals surface area (Å²) in [5.74, 6) is -1.07. The number of hydrogen-bond donors (Lipinski definition) is 2. The first-order valence-electron chi connectivity index (χ1n) is 7.36. The standard InChI is InChI=1S/C17H16FN3O2/c18-15-5-2-1-4-14(15)16(22)20-12-6-8-13(9-7-12)21-11-3-10-19-17(21)23/h1-2,4-9H,3,10-11H2,(H,19,23)(H,20,22). The quantitative estimate of drug-likeness (QED) is 0.915. The number of carbonyl (C=O) groups is 2. The topological polar surface area (TPSA) is 61.4 Å². The Morgan fingerprint density at radius 1 is 1.13 bits per heavy atom. The predicted octanol–water partition coefficient (Wildman–Crippen LogP) is 3.00. The van der Waals surface area contributed by atoms with Crippen molar-refractivity contribution in [3.05, 3.63) is 59.9 Å². The minimum atomic E-state index is -0.563. The van der Waals surface area contributed by atoms with Crippen molar-refractivity contribution in [1.29, 1.82) is 0 Å². The number of carbonyl (C=O) groups excluding carboxylic acids is 2. The van der Waals surface area contributed by atoms with Crippen LogP contribution < -0.4 is 15.5 Å². The highest BCUT2D eigenvalue weighted by molar-refractivity contribution is 6.04. The van der Waals surface area contributed by atoms with Gasteiger partial charge in [0.1, 0.15) is 5.82 Å². The first-order chi connectivity index (χ1) is 11.1. The van der Waals surface area contributed by atoms with Crippen LogP contribution in [0.1, 0.15) is 16.8 Å². The molecule has 23 heavy (non-hydrogen) atoms. The molecule has 1 aliphatic heterocycles. The van der Waals surface area contributed by atoms with E-state index in [-0.39, 0.29) is 11.6 Å². The number of urea groups is 1. The Bertz CT molecular complexity index is 731. The minimum absolute atomic E-state index is 0.00742. The number of nitrogens with zero attached hydrogens (tertiary/aromatic N) is 1. The van der Waals surface area contributed by atoms with E-state index in [1.807, 2.05) is 0 Å². The van der Waals surface area contributed by atoms with Crippen molar-refractivity contribution in [3.8, 4) is 0 Å². The van der Waals surface area contributed by atoms with Crippen LogP contribution in [0.2, 0.25) is 0 Å². The highest BCUT2D eigenvalue weighted by Crippen LogP contribution is 2.20. The van der Waals surface area contributed by atoms with Gasteiger partial charge in [-0.15, -0.1) is 0 Å². The second kappa shape index (κ2) is 6.48. The largest absolute Gasteiger partial charge is 0.338 e. The molecule has 3 rings (SSSR count). The van der Waals surface area contributed by atoms with Crippen LogP contribution in [0.25, 0.3) is 0 Å². The zero-order chi connectivity index (χ0) is 16.2. The third kappa shape index (κ3) is 3.31. The minimum Gasteiger partial charge on any atom is -0.338 e. The van der Waals surface area contributed by atoms with Gasteiger partial charge in [0.25, 0.3) is 5.91 Å². The van der Waals surface area contributed by atoms with Gasteiger partial charge in [0.05, 0.1) is 5.56 Å². The molecule has 0 aliphatic carbocycles. The van der Waals surface area contributed by atoms with Crippen molar-refractivity contribution in [2.45, 2.75) is 6.42 Å². The summed E-state index contributed by atoms with van der Waals surface area (Å²) in [5.41, 5.74) is 1.29. The average Bonchev–Trinajstić information content (AvgIpc) is 2.56. The van der Waals surface area contributed by atoms with Gasteiger partial charge in [0.15, 0.2) is 0 Å². The highest BCUT2D eigenvalue weighted by atomic mass is 19.1. The van der Waals surface area contributed by atoms with Crippen LogP contribution in [0.4, 0.5) is 20.6 Å². The summed E-state index contributed by atoms with van der Waals surface area (Å²) in [7, 11) is 0. The molecule has 2 aromatic carbocycles. The van der Waals surface area contributed by atoms with Gasteiger partial charge < -0.3 is 10.6 Å². The summed E-state index contributed by atoms with van der Waals surface area (Å²) < 4.78 is 13.6. The molecule has 2 aromatic rings. The van der Waals surface area contributed by atoms with Crippen LogP contribution >= 0.6 is 0 Å². The van der Waals surface area contributed by atoms with E-state index in [0.717, 1.165) is 12.1 Å². The normalized spacial score (nSPS) is 14.3. The molecule has 1 saturated heterocycles. The molecule has 1 fully saturated rings. The maximum absolute atomic E-state index is 13.6. The zero-order valence-electron chi connectivity index (χ0n) is 12.4. The fraction of sp³-hybridized carbons (Fsp3) is 0.176. The molecular formula is C17H16FN3O2. The molecule has 2 N–H and O–H groups in total. The Kier molecular flexibility index (Phi) is 4.23. The summed E-state index contributed by atoms with van der Waals surface area (Å²) >= 11 is 0. The first-order valence-corrected chi connectivity index (χ1v) is 7.36. The molecule has 1 aliphatic rings. The van der Waals surface area contributed by atoms with E-state index >= 15 is 0 Å². The van der Waals surface area contributed by atoms with E-state index in [2.05, 4.69) is 10.6 Å². The van der Waals surface area contributed by atoms with Crippen LogP contribution in [0.15, 0.2) is 48.5 Å². The molecule has 0 aromatic heterocycles. The second-order valence-electron chi connectivity index (χ2n) is 5.22. The molecule has 0 atom stereocenters. The van der Waals surface area contributed by atoms with Gasteiger partial charge in [-0.25, -0.2) is 9.18 Å². The lowest BCUT2D eigenvalue weighted by molar-refractivity contribution is 0.102. The number of amides is 3. The monoisotopic (exact) mass is 313 g/mol. The van der Waals surface area contributed by atoms with Crippen molar-refractivity contribution in [3.63, 3.8) is 0 Å². The molecular weight excluding hydrogens is 297 g/mol. The van der Waals surface area contributed by atoms with E-state index in [1.54, 1.807) is 35.2 Å². The Morgan fingerprint density at radius 3 is 2.57 bits per heavy atom. The van der Waals surface area contributed by atoms with Crippen LogP contribution in [-0.4, -0.2) is 25.0 Å². The zero-order valence-corrected chi connectivity index (χ0v) is 12.4. The summed E-state index contributed by atoms with van der Waals surface area (Å²) in [6.07, 6.45) is 0.886. The van der Waals surface area contributed by atoms with Crippen molar-refractivity contribution in [2.75, 3.05) is 23.3 Å². The maximum Gasteiger partial charge on any atom is 0.321 e. The van der Waals surface area contributed by atoms with Gasteiger partial charge in [0.2, 0.25) is 0 Å². The number of halogens is 1. The number of benzene rings is 2. The van der Waals surface area contributed by atoms with Gasteiger partial charge in [-0.3, -0.25) is 9.69 Å². The molecule has 0 saturated carbocycles. The van der Waals surface area contributed by atoms with Crippen LogP contribution in [0.5, 0.6) is 0 Å². The Hall–Kier alpha value is -2.89. The first kappa shape index (κ1) is 15.0. The Labute approximate surface area is 133 Å². The molecule has 118 valence electrons. The van der Waals surface area contributed by atoms with Gasteiger partial charge >= 0.3 is 6.03 Å². The van der Waals surface area contributed by atoms with E-state index in [9.17, 15) is 14.0 Å². The molecule has 0 radical (unpaired) electrons. The summed E-state index contributed by atoms with van der Waals surface area (Å²) in [4.78, 5) is 25.5. The molecule has 0 spiro atoms. The van der Waals surface area contributed by atoms with Crippen LogP contribution in [0, 0.1) is 5.82 Å².